The van der Waals surface area contributed by atoms with Crippen LogP contribution >= 0.6 is 12.6 Å². The molecule has 0 spiro atoms. The number of rotatable bonds is 1. The number of nitrogens with zero attached hydrogens (tertiary/aromatic N) is 1. The van der Waals surface area contributed by atoms with E-state index < -0.39 is 0 Å². The molecule has 0 saturated carbocycles. The maximum atomic E-state index is 10.8. The molecule has 0 unspecified atom stereocenters. The summed E-state index contributed by atoms with van der Waals surface area (Å²) in [4.78, 5) is 10.8. The Morgan fingerprint density at radius 3 is 2.67 bits per heavy atom. The smallest absolute Gasteiger partial charge is 0.216 e. The molecule has 60 valence electrons. The van der Waals surface area contributed by atoms with Crippen molar-refractivity contribution in [1.82, 2.24) is 0 Å². The van der Waals surface area contributed by atoms with Crippen LogP contribution in [0.15, 0.2) is 18.2 Å². The fourth-order valence-electron chi connectivity index (χ4n) is 0.973. The molecule has 0 heterocycles. The molecule has 0 N–H and O–H groups in total. The lowest BCUT2D eigenvalue weighted by molar-refractivity contribution is 0.109. The van der Waals surface area contributed by atoms with E-state index in [1.165, 1.54) is 0 Å². The topological polar surface area (TPSA) is 40.9 Å². The van der Waals surface area contributed by atoms with E-state index in [-0.39, 0.29) is 5.12 Å². The number of aryl methyl sites for hydroxylation is 1. The Bertz CT molecular complexity index is 365. The summed E-state index contributed by atoms with van der Waals surface area (Å²) in [6, 6.07) is 6.89. The highest BCUT2D eigenvalue weighted by Crippen LogP contribution is 2.12. The highest BCUT2D eigenvalue weighted by atomic mass is 32.1. The molecule has 3 heteroatoms. The van der Waals surface area contributed by atoms with Gasteiger partial charge in [0.2, 0.25) is 5.12 Å². The molecule has 0 atom stereocenters. The highest BCUT2D eigenvalue weighted by molar-refractivity contribution is 7.97. The monoisotopic (exact) mass is 177 g/mol. The summed E-state index contributed by atoms with van der Waals surface area (Å²) in [7, 11) is 0. The highest BCUT2D eigenvalue weighted by Gasteiger charge is 2.04. The average Bonchev–Trinajstić information content (AvgIpc) is 2.03. The summed E-state index contributed by atoms with van der Waals surface area (Å²) < 4.78 is 0. The lowest BCUT2D eigenvalue weighted by Gasteiger charge is -1.99. The van der Waals surface area contributed by atoms with Crippen LogP contribution in [0.5, 0.6) is 0 Å². The van der Waals surface area contributed by atoms with Gasteiger partial charge in [0.1, 0.15) is 0 Å². The number of thiol groups is 1. The van der Waals surface area contributed by atoms with Crippen LogP contribution in [0.2, 0.25) is 0 Å². The minimum absolute atomic E-state index is 0.267. The third-order valence-corrected chi connectivity index (χ3v) is 1.83. The van der Waals surface area contributed by atoms with Crippen LogP contribution in [0.25, 0.3) is 0 Å². The summed E-state index contributed by atoms with van der Waals surface area (Å²) in [5, 5.41) is 8.27. The Hall–Kier alpha value is -1.27. The Labute approximate surface area is 76.2 Å². The maximum Gasteiger partial charge on any atom is 0.216 e. The first kappa shape index (κ1) is 8.82. The number of hydrogen-bond donors (Lipinski definition) is 1. The average molecular weight is 177 g/mol. The van der Waals surface area contributed by atoms with Crippen molar-refractivity contribution in [3.63, 3.8) is 0 Å². The molecular formula is C9H7NOS. The molecule has 12 heavy (non-hydrogen) atoms. The standard InChI is InChI=1S/C9H7NOS/c1-6-4-7(5-10)2-3-8(6)9(11)12/h2-4H,1H3,(H,11,12). The van der Waals surface area contributed by atoms with E-state index in [2.05, 4.69) is 12.6 Å². The molecule has 2 nitrogen and oxygen atoms in total. The molecule has 0 aliphatic heterocycles. The lowest BCUT2D eigenvalue weighted by atomic mass is 10.1. The number of benzene rings is 1. The Kier molecular flexibility index (Phi) is 2.51. The molecule has 0 aliphatic carbocycles. The molecular weight excluding hydrogens is 170 g/mol. The fourth-order valence-corrected chi connectivity index (χ4v) is 1.22. The van der Waals surface area contributed by atoms with E-state index in [9.17, 15) is 4.79 Å². The number of carbonyl (C=O) groups excluding carboxylic acids is 1. The van der Waals surface area contributed by atoms with Gasteiger partial charge in [-0.25, -0.2) is 0 Å². The van der Waals surface area contributed by atoms with Crippen molar-refractivity contribution in [1.29, 1.82) is 5.26 Å². The molecule has 0 saturated heterocycles. The van der Waals surface area contributed by atoms with E-state index in [0.717, 1.165) is 5.56 Å². The zero-order chi connectivity index (χ0) is 9.14. The summed E-state index contributed by atoms with van der Waals surface area (Å²) in [5.41, 5.74) is 1.90. The Morgan fingerprint density at radius 1 is 1.58 bits per heavy atom. The van der Waals surface area contributed by atoms with Crippen LogP contribution in [0.4, 0.5) is 0 Å². The summed E-state index contributed by atoms with van der Waals surface area (Å²) in [5.74, 6) is 0. The normalized spacial score (nSPS) is 9.08. The van der Waals surface area contributed by atoms with E-state index in [1.807, 2.05) is 6.07 Å². The molecule has 0 amide bonds. The van der Waals surface area contributed by atoms with E-state index in [1.54, 1.807) is 25.1 Å². The second-order valence-electron chi connectivity index (χ2n) is 2.45. The van der Waals surface area contributed by atoms with Gasteiger partial charge in [-0.1, -0.05) is 0 Å². The summed E-state index contributed by atoms with van der Waals surface area (Å²) in [6.07, 6.45) is 0. The van der Waals surface area contributed by atoms with E-state index >= 15 is 0 Å². The van der Waals surface area contributed by atoms with Gasteiger partial charge in [0.25, 0.3) is 0 Å². The minimum Gasteiger partial charge on any atom is -0.282 e. The Balaban J connectivity index is 3.23. The third kappa shape index (κ3) is 1.66. The van der Waals surface area contributed by atoms with Gasteiger partial charge in [0.15, 0.2) is 0 Å². The van der Waals surface area contributed by atoms with Crippen LogP contribution in [0.3, 0.4) is 0 Å². The zero-order valence-corrected chi connectivity index (χ0v) is 7.43. The quantitative estimate of drug-likeness (QED) is 0.666. The number of hydrogen-bond acceptors (Lipinski definition) is 2. The van der Waals surface area contributed by atoms with E-state index in [0.29, 0.717) is 11.1 Å². The number of carbonyl (C=O) groups is 1. The zero-order valence-electron chi connectivity index (χ0n) is 6.53. The first-order valence-electron chi connectivity index (χ1n) is 3.39. The van der Waals surface area contributed by atoms with Crippen molar-refractivity contribution in [2.24, 2.45) is 0 Å². The molecule has 1 aromatic carbocycles. The van der Waals surface area contributed by atoms with Crippen LogP contribution in [-0.4, -0.2) is 5.12 Å². The molecule has 1 rings (SSSR count). The van der Waals surface area contributed by atoms with Crippen molar-refractivity contribution in [2.75, 3.05) is 0 Å². The number of nitriles is 1. The molecule has 0 aromatic heterocycles. The van der Waals surface area contributed by atoms with Gasteiger partial charge in [0, 0.05) is 5.56 Å². The molecule has 0 fully saturated rings. The van der Waals surface area contributed by atoms with Crippen LogP contribution in [0.1, 0.15) is 21.5 Å². The van der Waals surface area contributed by atoms with Crippen molar-refractivity contribution < 1.29 is 4.79 Å². The predicted molar refractivity (Wildman–Crippen MR) is 49.2 cm³/mol. The molecule has 0 aliphatic rings. The largest absolute Gasteiger partial charge is 0.282 e. The van der Waals surface area contributed by atoms with Gasteiger partial charge in [-0.2, -0.15) is 5.26 Å². The van der Waals surface area contributed by atoms with Gasteiger partial charge in [-0.15, -0.1) is 12.6 Å². The van der Waals surface area contributed by atoms with Gasteiger partial charge >= 0.3 is 0 Å². The molecule has 1 aromatic rings. The van der Waals surface area contributed by atoms with Gasteiger partial charge in [-0.05, 0) is 30.7 Å². The van der Waals surface area contributed by atoms with Crippen LogP contribution in [0, 0.1) is 18.3 Å². The van der Waals surface area contributed by atoms with Gasteiger partial charge in [-0.3, -0.25) is 4.79 Å². The van der Waals surface area contributed by atoms with Gasteiger partial charge < -0.3 is 0 Å². The van der Waals surface area contributed by atoms with Crippen LogP contribution in [-0.2, 0) is 0 Å². The lowest BCUT2D eigenvalue weighted by Crippen LogP contribution is -1.93. The minimum atomic E-state index is -0.267. The second-order valence-corrected chi connectivity index (χ2v) is 2.85. The van der Waals surface area contributed by atoms with Crippen molar-refractivity contribution >= 4 is 17.7 Å². The molecule has 0 bridgehead atoms. The maximum absolute atomic E-state index is 10.8. The first-order chi connectivity index (χ1) is 5.65. The van der Waals surface area contributed by atoms with Crippen molar-refractivity contribution in [3.8, 4) is 6.07 Å². The van der Waals surface area contributed by atoms with Crippen molar-refractivity contribution in [2.45, 2.75) is 6.92 Å². The SMILES string of the molecule is Cc1cc(C#N)ccc1C(=O)S. The molecule has 0 radical (unpaired) electrons. The summed E-state index contributed by atoms with van der Waals surface area (Å²) >= 11 is 3.70. The second kappa shape index (κ2) is 3.42. The van der Waals surface area contributed by atoms with E-state index in [4.69, 9.17) is 5.26 Å². The summed E-state index contributed by atoms with van der Waals surface area (Å²) in [6.45, 7) is 1.78. The third-order valence-electron chi connectivity index (χ3n) is 1.59. The van der Waals surface area contributed by atoms with Crippen LogP contribution < -0.4 is 0 Å². The Morgan fingerprint density at radius 2 is 2.25 bits per heavy atom. The first-order valence-corrected chi connectivity index (χ1v) is 3.84. The van der Waals surface area contributed by atoms with Gasteiger partial charge in [0.05, 0.1) is 11.6 Å². The predicted octanol–water partition coefficient (Wildman–Crippen LogP) is 1.94. The fraction of sp³-hybridized carbons (Fsp3) is 0.111. The van der Waals surface area contributed by atoms with Crippen molar-refractivity contribution in [3.05, 3.63) is 34.9 Å².